The van der Waals surface area contributed by atoms with Gasteiger partial charge in [0.15, 0.2) is 0 Å². The van der Waals surface area contributed by atoms with Crippen LogP contribution in [0, 0.1) is 0 Å². The molecule has 0 saturated carbocycles. The molecule has 0 aliphatic carbocycles. The Kier molecular flexibility index (Phi) is 16.8. The number of benzene rings is 1. The van der Waals surface area contributed by atoms with Crippen LogP contribution in [0.4, 0.5) is 10.5 Å². The fraction of sp³-hybridized carbons (Fsp3) is 0.741. The molecule has 0 aliphatic rings. The lowest BCUT2D eigenvalue weighted by atomic mass is 10.1. The van der Waals surface area contributed by atoms with Crippen LogP contribution in [-0.2, 0) is 9.47 Å². The zero-order valence-corrected chi connectivity index (χ0v) is 21.1. The van der Waals surface area contributed by atoms with Crippen molar-refractivity contribution < 1.29 is 18.8 Å². The highest BCUT2D eigenvalue weighted by Gasteiger charge is 2.14. The predicted octanol–water partition coefficient (Wildman–Crippen LogP) is 7.03. The Balaban J connectivity index is 1.89. The molecular formula is C27H49N2O3+. The molecule has 1 aromatic carbocycles. The molecular weight excluding hydrogens is 400 g/mol. The van der Waals surface area contributed by atoms with Crippen molar-refractivity contribution >= 4 is 11.8 Å². The second-order valence-electron chi connectivity index (χ2n) is 9.51. The first-order valence-electron chi connectivity index (χ1n) is 12.9. The summed E-state index contributed by atoms with van der Waals surface area (Å²) in [4.78, 5) is 11.7. The van der Waals surface area contributed by atoms with Crippen LogP contribution >= 0.6 is 0 Å². The fourth-order valence-corrected chi connectivity index (χ4v) is 3.78. The van der Waals surface area contributed by atoms with E-state index in [9.17, 15) is 4.79 Å². The molecule has 0 bridgehead atoms. The van der Waals surface area contributed by atoms with Crippen LogP contribution in [0.1, 0.15) is 84.0 Å². The summed E-state index contributed by atoms with van der Waals surface area (Å²) in [7, 11) is 4.54. The van der Waals surface area contributed by atoms with Crippen LogP contribution in [0.25, 0.3) is 0 Å². The molecule has 0 atom stereocenters. The van der Waals surface area contributed by atoms with Gasteiger partial charge >= 0.3 is 6.09 Å². The first kappa shape index (κ1) is 28.4. The van der Waals surface area contributed by atoms with Crippen molar-refractivity contribution in [2.75, 3.05) is 52.3 Å². The fourth-order valence-electron chi connectivity index (χ4n) is 3.78. The number of unbranched alkanes of at least 4 members (excludes halogenated alkanes) is 11. The molecule has 1 amide bonds. The zero-order valence-electron chi connectivity index (χ0n) is 21.1. The average molecular weight is 450 g/mol. The van der Waals surface area contributed by atoms with E-state index >= 15 is 0 Å². The van der Waals surface area contributed by atoms with Crippen molar-refractivity contribution in [3.8, 4) is 0 Å². The third-order valence-electron chi connectivity index (χ3n) is 5.94. The summed E-state index contributed by atoms with van der Waals surface area (Å²) in [5.41, 5.74) is 0.732. The van der Waals surface area contributed by atoms with Crippen molar-refractivity contribution in [1.29, 1.82) is 0 Å². The maximum Gasteiger partial charge on any atom is 0.411 e. The smallest absolute Gasteiger partial charge is 0.411 e. The van der Waals surface area contributed by atoms with Gasteiger partial charge in [-0.2, -0.15) is 0 Å². The number of hydrogen-bond acceptors (Lipinski definition) is 3. The predicted molar refractivity (Wildman–Crippen MR) is 135 cm³/mol. The Morgan fingerprint density at radius 3 is 1.91 bits per heavy atom. The van der Waals surface area contributed by atoms with Gasteiger partial charge in [0, 0.05) is 5.69 Å². The van der Waals surface area contributed by atoms with Crippen molar-refractivity contribution in [3.05, 3.63) is 30.3 Å². The zero-order chi connectivity index (χ0) is 23.3. The Bertz CT molecular complexity index is 563. The number of quaternary nitrogens is 1. The van der Waals surface area contributed by atoms with E-state index in [-0.39, 0.29) is 6.61 Å². The number of nitrogens with one attached hydrogen (secondary N) is 1. The van der Waals surface area contributed by atoms with Crippen molar-refractivity contribution in [1.82, 2.24) is 0 Å². The second-order valence-corrected chi connectivity index (χ2v) is 9.51. The minimum atomic E-state index is -0.442. The summed E-state index contributed by atoms with van der Waals surface area (Å²) in [5, 5.41) is 2.69. The molecule has 0 aromatic heterocycles. The molecule has 0 unspecified atom stereocenters. The molecule has 0 heterocycles. The Morgan fingerprint density at radius 2 is 1.31 bits per heavy atom. The Morgan fingerprint density at radius 1 is 0.750 bits per heavy atom. The summed E-state index contributed by atoms with van der Waals surface area (Å²) in [5.74, 6) is 0. The van der Waals surface area contributed by atoms with Gasteiger partial charge in [0.2, 0.25) is 0 Å². The molecule has 0 aliphatic heterocycles. The van der Waals surface area contributed by atoms with Crippen LogP contribution < -0.4 is 5.32 Å². The van der Waals surface area contributed by atoms with E-state index < -0.39 is 6.09 Å². The SMILES string of the molecule is CCCCCCCCCCCCCC[N+](C)(C)CCOCCOC(=O)Nc1ccccc1. The topological polar surface area (TPSA) is 47.6 Å². The molecule has 1 N–H and O–H groups in total. The van der Waals surface area contributed by atoms with Gasteiger partial charge in [-0.1, -0.05) is 89.3 Å². The maximum absolute atomic E-state index is 11.7. The van der Waals surface area contributed by atoms with Crippen LogP contribution in [-0.4, -0.2) is 57.6 Å². The van der Waals surface area contributed by atoms with E-state index in [0.29, 0.717) is 13.2 Å². The lowest BCUT2D eigenvalue weighted by Gasteiger charge is -2.29. The van der Waals surface area contributed by atoms with Crippen LogP contribution in [0.3, 0.4) is 0 Å². The third kappa shape index (κ3) is 17.0. The first-order chi connectivity index (χ1) is 15.5. The van der Waals surface area contributed by atoms with Gasteiger partial charge in [-0.25, -0.2) is 4.79 Å². The lowest BCUT2D eigenvalue weighted by Crippen LogP contribution is -2.43. The quantitative estimate of drug-likeness (QED) is 0.172. The summed E-state index contributed by atoms with van der Waals surface area (Å²) >= 11 is 0. The molecule has 0 saturated heterocycles. The molecule has 0 spiro atoms. The number of carbonyl (C=O) groups excluding carboxylic acids is 1. The number of nitrogens with zero attached hydrogens (tertiary/aromatic N) is 1. The molecule has 1 rings (SSSR count). The van der Waals surface area contributed by atoms with Gasteiger partial charge in [-0.3, -0.25) is 5.32 Å². The van der Waals surface area contributed by atoms with Crippen molar-refractivity contribution in [3.63, 3.8) is 0 Å². The number of para-hydroxylation sites is 1. The van der Waals surface area contributed by atoms with Crippen molar-refractivity contribution in [2.45, 2.75) is 84.0 Å². The summed E-state index contributed by atoms with van der Waals surface area (Å²) in [6.45, 7) is 5.84. The van der Waals surface area contributed by atoms with Gasteiger partial charge in [-0.15, -0.1) is 0 Å². The molecule has 0 fully saturated rings. The van der Waals surface area contributed by atoms with E-state index in [1.807, 2.05) is 30.3 Å². The molecule has 5 heteroatoms. The Labute approximate surface area is 197 Å². The number of ether oxygens (including phenoxy) is 2. The second kappa shape index (κ2) is 18.9. The monoisotopic (exact) mass is 449 g/mol. The van der Waals surface area contributed by atoms with Crippen LogP contribution in [0.5, 0.6) is 0 Å². The van der Waals surface area contributed by atoms with Gasteiger partial charge in [0.05, 0.1) is 33.9 Å². The highest BCUT2D eigenvalue weighted by Crippen LogP contribution is 2.12. The lowest BCUT2D eigenvalue weighted by molar-refractivity contribution is -0.891. The number of amides is 1. The van der Waals surface area contributed by atoms with Gasteiger partial charge in [0.25, 0.3) is 0 Å². The molecule has 1 aromatic rings. The van der Waals surface area contributed by atoms with Crippen molar-refractivity contribution in [2.24, 2.45) is 0 Å². The van der Waals surface area contributed by atoms with E-state index in [1.165, 1.54) is 83.6 Å². The largest absolute Gasteiger partial charge is 0.447 e. The summed E-state index contributed by atoms with van der Waals surface area (Å²) in [6.07, 6.45) is 16.2. The summed E-state index contributed by atoms with van der Waals surface area (Å²) < 4.78 is 11.8. The van der Waals surface area contributed by atoms with E-state index in [0.717, 1.165) is 16.7 Å². The molecule has 184 valence electrons. The minimum Gasteiger partial charge on any atom is -0.447 e. The Hall–Kier alpha value is -1.59. The standard InChI is InChI=1S/C27H48N2O3/c1-4-5-6-7-8-9-10-11-12-13-14-18-21-29(2,3)22-23-31-24-25-32-27(30)28-26-19-16-15-17-20-26/h15-17,19-20H,4-14,18,21-25H2,1-3H3/p+1. The number of anilines is 1. The summed E-state index contributed by atoms with van der Waals surface area (Å²) in [6, 6.07) is 9.30. The normalized spacial score (nSPS) is 11.5. The molecule has 5 nitrogen and oxygen atoms in total. The van der Waals surface area contributed by atoms with Gasteiger partial charge in [-0.05, 0) is 25.0 Å². The first-order valence-corrected chi connectivity index (χ1v) is 12.9. The number of rotatable bonds is 20. The highest BCUT2D eigenvalue weighted by molar-refractivity contribution is 5.84. The molecule has 32 heavy (non-hydrogen) atoms. The number of carbonyl (C=O) groups is 1. The molecule has 0 radical (unpaired) electrons. The van der Waals surface area contributed by atoms with Gasteiger partial charge in [0.1, 0.15) is 13.2 Å². The number of hydrogen-bond donors (Lipinski definition) is 1. The highest BCUT2D eigenvalue weighted by atomic mass is 16.6. The number of likely N-dealkylation sites (N-methyl/N-ethyl adjacent to an activating group) is 1. The maximum atomic E-state index is 11.7. The average Bonchev–Trinajstić information content (AvgIpc) is 2.77. The van der Waals surface area contributed by atoms with Crippen LogP contribution in [0.2, 0.25) is 0 Å². The minimum absolute atomic E-state index is 0.269. The van der Waals surface area contributed by atoms with Gasteiger partial charge < -0.3 is 14.0 Å². The van der Waals surface area contributed by atoms with E-state index in [1.54, 1.807) is 0 Å². The van der Waals surface area contributed by atoms with E-state index in [4.69, 9.17) is 9.47 Å². The van der Waals surface area contributed by atoms with E-state index in [2.05, 4.69) is 26.3 Å². The third-order valence-corrected chi connectivity index (χ3v) is 5.94. The van der Waals surface area contributed by atoms with Crippen LogP contribution in [0.15, 0.2) is 30.3 Å².